The summed E-state index contributed by atoms with van der Waals surface area (Å²) in [5.74, 6) is -5.31. The second kappa shape index (κ2) is 14.0. The molecule has 0 aromatic heterocycles. The number of phosphoric ester groups is 1. The van der Waals surface area contributed by atoms with Gasteiger partial charge in [0.1, 0.15) is 5.78 Å². The van der Waals surface area contributed by atoms with E-state index in [1.165, 1.54) is 13.8 Å². The SMILES string of the molecule is CC(C(=O)CCC(=O)O)C(=O)C(C)C(=O)SCCNC(=O)CCNC(=O)[C@@H]1OP(=O)(O)OCC1(C)C. The number of carbonyl (C=O) groups is 6. The molecule has 0 aromatic rings. The number of ketones is 2. The summed E-state index contributed by atoms with van der Waals surface area (Å²) >= 11 is 0.821. The van der Waals surface area contributed by atoms with E-state index in [4.69, 9.17) is 14.2 Å². The third kappa shape index (κ3) is 10.5. The minimum absolute atomic E-state index is 0.0530. The molecule has 0 spiro atoms. The highest BCUT2D eigenvalue weighted by molar-refractivity contribution is 8.13. The number of nitrogens with one attached hydrogen (secondary N) is 2. The van der Waals surface area contributed by atoms with Crippen molar-refractivity contribution < 1.29 is 52.4 Å². The monoisotopic (exact) mass is 552 g/mol. The number of phosphoric acid groups is 1. The average molecular weight is 553 g/mol. The number of aliphatic carboxylic acids is 1. The number of carboxylic acid groups (broad SMARTS) is 1. The van der Waals surface area contributed by atoms with Gasteiger partial charge >= 0.3 is 13.8 Å². The largest absolute Gasteiger partial charge is 0.481 e. The molecule has 0 saturated carbocycles. The van der Waals surface area contributed by atoms with Gasteiger partial charge in [0.2, 0.25) is 11.8 Å². The van der Waals surface area contributed by atoms with E-state index in [0.29, 0.717) is 0 Å². The average Bonchev–Trinajstić information content (AvgIpc) is 2.80. The molecule has 1 heterocycles. The molecule has 0 aliphatic carbocycles. The Morgan fingerprint density at radius 2 is 1.67 bits per heavy atom. The van der Waals surface area contributed by atoms with Crippen LogP contribution in [-0.4, -0.2) is 76.0 Å². The topological polar surface area (TPSA) is 202 Å². The van der Waals surface area contributed by atoms with E-state index in [1.54, 1.807) is 13.8 Å². The number of hydrogen-bond acceptors (Lipinski definition) is 10. The maximum absolute atomic E-state index is 12.3. The van der Waals surface area contributed by atoms with Crippen molar-refractivity contribution in [3.8, 4) is 0 Å². The van der Waals surface area contributed by atoms with Crippen molar-refractivity contribution in [3.63, 3.8) is 0 Å². The Kier molecular flexibility index (Phi) is 12.4. The lowest BCUT2D eigenvalue weighted by Gasteiger charge is -2.38. The molecule has 1 aliphatic heterocycles. The fourth-order valence-corrected chi connectivity index (χ4v) is 5.05. The Balaban J connectivity index is 2.32. The molecular formula is C21H33N2O11PS. The Morgan fingerprint density at radius 1 is 1.03 bits per heavy atom. The molecule has 4 N–H and O–H groups in total. The van der Waals surface area contributed by atoms with Crippen molar-refractivity contribution in [2.45, 2.75) is 53.1 Å². The Hall–Kier alpha value is -2.12. The summed E-state index contributed by atoms with van der Waals surface area (Å²) < 4.78 is 21.2. The molecule has 1 aliphatic rings. The lowest BCUT2D eigenvalue weighted by molar-refractivity contribution is -0.141. The van der Waals surface area contributed by atoms with Crippen LogP contribution in [0.25, 0.3) is 0 Å². The molecule has 4 atom stereocenters. The van der Waals surface area contributed by atoms with Gasteiger partial charge in [-0.25, -0.2) is 4.57 Å². The van der Waals surface area contributed by atoms with E-state index >= 15 is 0 Å². The normalized spacial score (nSPS) is 22.6. The van der Waals surface area contributed by atoms with E-state index < -0.39 is 65.6 Å². The molecule has 1 rings (SSSR count). The molecule has 1 fully saturated rings. The van der Waals surface area contributed by atoms with Crippen LogP contribution in [0.3, 0.4) is 0 Å². The number of thioether (sulfide) groups is 1. The van der Waals surface area contributed by atoms with E-state index in [-0.39, 0.29) is 44.7 Å². The fraction of sp³-hybridized carbons (Fsp3) is 0.714. The van der Waals surface area contributed by atoms with Crippen molar-refractivity contribution in [1.82, 2.24) is 10.6 Å². The van der Waals surface area contributed by atoms with Gasteiger partial charge in [0.25, 0.3) is 0 Å². The zero-order chi connectivity index (χ0) is 27.7. The molecule has 0 radical (unpaired) electrons. The van der Waals surface area contributed by atoms with Gasteiger partial charge in [0, 0.05) is 37.1 Å². The lowest BCUT2D eigenvalue weighted by Crippen LogP contribution is -2.49. The van der Waals surface area contributed by atoms with E-state index in [9.17, 15) is 38.2 Å². The van der Waals surface area contributed by atoms with Gasteiger partial charge in [0.15, 0.2) is 17.0 Å². The molecule has 0 aromatic carbocycles. The fourth-order valence-electron chi connectivity index (χ4n) is 3.08. The number of carbonyl (C=O) groups excluding carboxylic acids is 5. The van der Waals surface area contributed by atoms with E-state index in [1.807, 2.05) is 0 Å². The zero-order valence-electron chi connectivity index (χ0n) is 20.6. The number of Topliss-reactive ketones (excluding diaryl/α,β-unsaturated/α-hetero) is 2. The first kappa shape index (κ1) is 31.9. The summed E-state index contributed by atoms with van der Waals surface area (Å²) in [6.45, 7) is 5.89. The summed E-state index contributed by atoms with van der Waals surface area (Å²) in [5, 5.41) is 13.2. The Bertz CT molecular complexity index is 924. The van der Waals surface area contributed by atoms with E-state index in [2.05, 4.69) is 10.6 Å². The Morgan fingerprint density at radius 3 is 2.28 bits per heavy atom. The third-order valence-corrected chi connectivity index (χ3v) is 7.36. The van der Waals surface area contributed by atoms with Gasteiger partial charge < -0.3 is 20.6 Å². The van der Waals surface area contributed by atoms with Gasteiger partial charge in [-0.15, -0.1) is 0 Å². The lowest BCUT2D eigenvalue weighted by atomic mass is 9.87. The second-order valence-electron chi connectivity index (χ2n) is 8.98. The van der Waals surface area contributed by atoms with Crippen LogP contribution in [0.4, 0.5) is 0 Å². The van der Waals surface area contributed by atoms with Gasteiger partial charge in [-0.2, -0.15) is 0 Å². The summed E-state index contributed by atoms with van der Waals surface area (Å²) in [4.78, 5) is 80.8. The summed E-state index contributed by atoms with van der Waals surface area (Å²) in [7, 11) is -4.31. The van der Waals surface area contributed by atoms with Crippen LogP contribution in [0.15, 0.2) is 0 Å². The standard InChI is InChI=1S/C21H33N2O11PS/c1-12(14(24)5-6-16(26)27)17(28)13(2)20(30)36-10-9-22-15(25)7-8-23-19(29)18-21(3,4)11-33-35(31,32)34-18/h12-13,18H,5-11H2,1-4H3,(H,22,25)(H,23,29)(H,26,27)(H,31,32)/t12?,13?,18-/m0/s1. The Labute approximate surface area is 213 Å². The maximum atomic E-state index is 12.3. The van der Waals surface area contributed by atoms with Gasteiger partial charge in [-0.05, 0) is 13.8 Å². The van der Waals surface area contributed by atoms with Crippen molar-refractivity contribution >= 4 is 54.1 Å². The minimum atomic E-state index is -4.31. The highest BCUT2D eigenvalue weighted by atomic mass is 32.2. The van der Waals surface area contributed by atoms with Crippen LogP contribution in [0.5, 0.6) is 0 Å². The smallest absolute Gasteiger partial charge is 0.472 e. The highest BCUT2D eigenvalue weighted by Gasteiger charge is 2.47. The van der Waals surface area contributed by atoms with Gasteiger partial charge in [-0.1, -0.05) is 25.6 Å². The maximum Gasteiger partial charge on any atom is 0.472 e. The third-order valence-electron chi connectivity index (χ3n) is 5.38. The molecular weight excluding hydrogens is 519 g/mol. The molecule has 36 heavy (non-hydrogen) atoms. The summed E-state index contributed by atoms with van der Waals surface area (Å²) in [6.07, 6.45) is -1.99. The van der Waals surface area contributed by atoms with Crippen LogP contribution in [-0.2, 0) is 42.4 Å². The first-order chi connectivity index (χ1) is 16.6. The number of amides is 2. The number of rotatable bonds is 14. The van der Waals surface area contributed by atoms with Crippen LogP contribution >= 0.6 is 19.6 Å². The van der Waals surface area contributed by atoms with Crippen molar-refractivity contribution in [2.75, 3.05) is 25.4 Å². The van der Waals surface area contributed by atoms with Crippen LogP contribution in [0.1, 0.15) is 47.0 Å². The quantitative estimate of drug-likeness (QED) is 0.134. The molecule has 3 unspecified atom stereocenters. The van der Waals surface area contributed by atoms with Crippen LogP contribution in [0.2, 0.25) is 0 Å². The van der Waals surface area contributed by atoms with Crippen molar-refractivity contribution in [2.24, 2.45) is 17.3 Å². The molecule has 204 valence electrons. The molecule has 0 bridgehead atoms. The predicted octanol–water partition coefficient (Wildman–Crippen LogP) is 0.686. The summed E-state index contributed by atoms with van der Waals surface area (Å²) in [5.41, 5.74) is -0.852. The van der Waals surface area contributed by atoms with Gasteiger partial charge in [-0.3, -0.25) is 37.8 Å². The molecule has 1 saturated heterocycles. The minimum Gasteiger partial charge on any atom is -0.481 e. The van der Waals surface area contributed by atoms with Gasteiger partial charge in [0.05, 0.1) is 24.9 Å². The van der Waals surface area contributed by atoms with Crippen molar-refractivity contribution in [3.05, 3.63) is 0 Å². The highest BCUT2D eigenvalue weighted by Crippen LogP contribution is 2.52. The number of hydrogen-bond donors (Lipinski definition) is 4. The second-order valence-corrected chi connectivity index (χ2v) is 11.5. The first-order valence-electron chi connectivity index (χ1n) is 11.2. The van der Waals surface area contributed by atoms with Crippen LogP contribution < -0.4 is 10.6 Å². The van der Waals surface area contributed by atoms with Crippen LogP contribution in [0, 0.1) is 17.3 Å². The summed E-state index contributed by atoms with van der Waals surface area (Å²) in [6, 6.07) is 0. The number of carboxylic acids is 1. The molecule has 2 amide bonds. The molecule has 13 nitrogen and oxygen atoms in total. The zero-order valence-corrected chi connectivity index (χ0v) is 22.3. The first-order valence-corrected chi connectivity index (χ1v) is 13.7. The molecule has 15 heteroatoms. The predicted molar refractivity (Wildman–Crippen MR) is 128 cm³/mol. The van der Waals surface area contributed by atoms with E-state index in [0.717, 1.165) is 11.8 Å². The van der Waals surface area contributed by atoms with Crippen molar-refractivity contribution in [1.29, 1.82) is 0 Å².